The fraction of sp³-hybridized carbons (Fsp3) is 0.432. The molecule has 0 unspecified atom stereocenters. The molecular weight excluding hydrogens is 663 g/mol. The van der Waals surface area contributed by atoms with Crippen LogP contribution < -0.4 is 15.2 Å². The molecule has 1 saturated carbocycles. The molecule has 0 aromatic heterocycles. The van der Waals surface area contributed by atoms with Crippen molar-refractivity contribution < 1.29 is 28.8 Å². The van der Waals surface area contributed by atoms with E-state index in [0.29, 0.717) is 26.0 Å². The van der Waals surface area contributed by atoms with Crippen molar-refractivity contribution in [3.05, 3.63) is 108 Å². The molecule has 276 valence electrons. The quantitative estimate of drug-likeness (QED) is 0.0849. The first-order chi connectivity index (χ1) is 25.9. The minimum Gasteiger partial charge on any atom is -0.488 e. The summed E-state index contributed by atoms with van der Waals surface area (Å²) in [6, 6.07) is 34.3. The zero-order valence-electron chi connectivity index (χ0n) is 30.5. The third kappa shape index (κ3) is 9.33. The highest BCUT2D eigenvalue weighted by atomic mass is 16.5. The van der Waals surface area contributed by atoms with Crippen LogP contribution in [0.3, 0.4) is 0 Å². The Kier molecular flexibility index (Phi) is 12.2. The minimum atomic E-state index is -1.22. The number of aliphatic carboxylic acids is 1. The summed E-state index contributed by atoms with van der Waals surface area (Å²) in [6.07, 6.45) is 6.11. The molecule has 2 aliphatic heterocycles. The maximum atomic E-state index is 12.4. The predicted octanol–water partition coefficient (Wildman–Crippen LogP) is 7.68. The first-order valence-corrected chi connectivity index (χ1v) is 19.2. The Balaban J connectivity index is 1.03. The number of unbranched alkanes of at least 4 members (excludes halogenated alkanes) is 1. The fourth-order valence-corrected chi connectivity index (χ4v) is 7.79. The van der Waals surface area contributed by atoms with E-state index in [9.17, 15) is 9.90 Å². The molecule has 4 aromatic rings. The number of rotatable bonds is 17. The molecule has 2 heterocycles. The summed E-state index contributed by atoms with van der Waals surface area (Å²) >= 11 is 0. The zero-order valence-corrected chi connectivity index (χ0v) is 30.5. The van der Waals surface area contributed by atoms with Gasteiger partial charge in [0.05, 0.1) is 34.3 Å². The van der Waals surface area contributed by atoms with Crippen molar-refractivity contribution in [3.8, 4) is 33.8 Å². The summed E-state index contributed by atoms with van der Waals surface area (Å²) in [5.74, 6) is 0.751. The molecule has 3 N–H and O–H groups in total. The van der Waals surface area contributed by atoms with Gasteiger partial charge in [0.2, 0.25) is 0 Å². The van der Waals surface area contributed by atoms with Crippen molar-refractivity contribution in [1.29, 1.82) is 0 Å². The van der Waals surface area contributed by atoms with Gasteiger partial charge in [-0.15, -0.1) is 0 Å². The number of carbonyl (C=O) groups is 1. The van der Waals surface area contributed by atoms with Crippen LogP contribution in [0.25, 0.3) is 22.3 Å². The highest BCUT2D eigenvalue weighted by molar-refractivity contribution is 6.08. The Morgan fingerprint density at radius 2 is 1.15 bits per heavy atom. The van der Waals surface area contributed by atoms with Crippen molar-refractivity contribution in [2.75, 3.05) is 26.4 Å². The summed E-state index contributed by atoms with van der Waals surface area (Å²) in [5, 5.41) is 10.2. The monoisotopic (exact) mass is 714 g/mol. The largest absolute Gasteiger partial charge is 0.488 e. The molecule has 0 bridgehead atoms. The second kappa shape index (κ2) is 17.3. The Hall–Kier alpha value is -4.15. The summed E-state index contributed by atoms with van der Waals surface area (Å²) in [4.78, 5) is 14.9. The van der Waals surface area contributed by atoms with E-state index in [1.165, 1.54) is 11.1 Å². The summed E-state index contributed by atoms with van der Waals surface area (Å²) in [6.45, 7) is 4.32. The summed E-state index contributed by atoms with van der Waals surface area (Å²) in [5.41, 5.74) is 12.4. The van der Waals surface area contributed by atoms with Gasteiger partial charge < -0.3 is 29.8 Å². The fourth-order valence-electron chi connectivity index (χ4n) is 7.79. The lowest BCUT2D eigenvalue weighted by Crippen LogP contribution is -2.61. The molecule has 3 fully saturated rings. The van der Waals surface area contributed by atoms with Crippen LogP contribution in [-0.2, 0) is 27.4 Å². The van der Waals surface area contributed by atoms with Crippen molar-refractivity contribution in [3.63, 3.8) is 0 Å². The summed E-state index contributed by atoms with van der Waals surface area (Å²) < 4.78 is 23.0. The van der Waals surface area contributed by atoms with Crippen LogP contribution in [0.2, 0.25) is 6.32 Å². The molecule has 2 radical (unpaired) electrons. The molecule has 7 rings (SSSR count). The summed E-state index contributed by atoms with van der Waals surface area (Å²) in [7, 11) is 5.70. The second-order valence-corrected chi connectivity index (χ2v) is 15.0. The van der Waals surface area contributed by atoms with E-state index in [4.69, 9.17) is 32.5 Å². The predicted molar refractivity (Wildman–Crippen MR) is 208 cm³/mol. The molecule has 4 aromatic carbocycles. The van der Waals surface area contributed by atoms with Crippen molar-refractivity contribution in [2.45, 2.75) is 88.1 Å². The normalized spacial score (nSPS) is 22.3. The molecule has 3 aliphatic rings. The Morgan fingerprint density at radius 1 is 0.717 bits per heavy atom. The van der Waals surface area contributed by atoms with E-state index in [-0.39, 0.29) is 24.2 Å². The number of nitrogens with two attached hydrogens (primary N) is 1. The highest BCUT2D eigenvalue weighted by Gasteiger charge is 2.49. The first-order valence-electron chi connectivity index (χ1n) is 19.2. The smallest absolute Gasteiger partial charge is 0.323 e. The van der Waals surface area contributed by atoms with Crippen molar-refractivity contribution in [1.82, 2.24) is 4.90 Å². The van der Waals surface area contributed by atoms with Crippen molar-refractivity contribution in [2.24, 2.45) is 11.7 Å². The second-order valence-electron chi connectivity index (χ2n) is 15.0. The average Bonchev–Trinajstić information content (AvgIpc) is 3.87. The van der Waals surface area contributed by atoms with Gasteiger partial charge in [-0.3, -0.25) is 9.69 Å². The lowest BCUT2D eigenvalue weighted by molar-refractivity contribution is -0.149. The van der Waals surface area contributed by atoms with Gasteiger partial charge in [0.1, 0.15) is 29.2 Å². The van der Waals surface area contributed by atoms with Gasteiger partial charge in [0.25, 0.3) is 0 Å². The molecular formula is C44H51BN2O6. The Morgan fingerprint density at radius 3 is 1.53 bits per heavy atom. The van der Waals surface area contributed by atoms with Crippen LogP contribution in [0.1, 0.15) is 56.1 Å². The van der Waals surface area contributed by atoms with Crippen LogP contribution in [0, 0.1) is 5.92 Å². The number of carboxylic acids is 1. The van der Waals surface area contributed by atoms with E-state index < -0.39 is 11.5 Å². The van der Waals surface area contributed by atoms with E-state index in [1.54, 1.807) is 0 Å². The van der Waals surface area contributed by atoms with E-state index in [0.717, 1.165) is 98.6 Å². The SMILES string of the molecule is [B]CCCC[C@@](N)(C(=O)O)C1CC(N(Cc2ccc(-c3ccc(O[C@H]4CCOC4)cc3)cc2)Cc2ccc(-c3ccc(O[C@H]4CCOC4)cc3)cc2)C1. The molecule has 2 saturated heterocycles. The Labute approximate surface area is 315 Å². The van der Waals surface area contributed by atoms with Gasteiger partial charge in [-0.2, -0.15) is 0 Å². The number of nitrogens with zero attached hydrogens (tertiary/aromatic N) is 1. The standard InChI is InChI=1S/C44H51BN2O6/c45-22-2-1-21-44(46,43(48)49)37-25-38(26-37)47(27-31-3-7-33(8-4-31)35-11-15-39(16-12-35)52-41-19-23-50-29-41)28-32-5-9-34(10-6-32)36-13-17-40(18-14-36)53-42-20-24-51-30-42/h3-18,37-38,41-42H,1-2,19-30,46H2,(H,48,49)/t37?,38?,41-,42-,44-/m0/s1. The minimum absolute atomic E-state index is 0.0729. The van der Waals surface area contributed by atoms with Gasteiger partial charge in [-0.05, 0) is 82.8 Å². The van der Waals surface area contributed by atoms with E-state index in [1.807, 2.05) is 24.3 Å². The maximum absolute atomic E-state index is 12.4. The lowest BCUT2D eigenvalue weighted by Gasteiger charge is -2.49. The van der Waals surface area contributed by atoms with Gasteiger partial charge in [-0.1, -0.05) is 92.0 Å². The number of hydrogen-bond donors (Lipinski definition) is 2. The first kappa shape index (κ1) is 37.2. The molecule has 8 nitrogen and oxygen atoms in total. The number of ether oxygens (including phenoxy) is 4. The number of benzene rings is 4. The van der Waals surface area contributed by atoms with Crippen LogP contribution in [-0.4, -0.2) is 74.0 Å². The van der Waals surface area contributed by atoms with Crippen molar-refractivity contribution >= 4 is 13.8 Å². The average molecular weight is 715 g/mol. The molecule has 0 amide bonds. The van der Waals surface area contributed by atoms with Gasteiger partial charge in [-0.25, -0.2) is 0 Å². The molecule has 3 atom stereocenters. The van der Waals surface area contributed by atoms with Crippen LogP contribution in [0.4, 0.5) is 0 Å². The van der Waals surface area contributed by atoms with Crippen LogP contribution in [0.15, 0.2) is 97.1 Å². The molecule has 1 aliphatic carbocycles. The molecule has 9 heteroatoms. The third-order valence-corrected chi connectivity index (χ3v) is 11.2. The molecule has 53 heavy (non-hydrogen) atoms. The van der Waals surface area contributed by atoms with Gasteiger partial charge in [0.15, 0.2) is 0 Å². The topological polar surface area (TPSA) is 103 Å². The molecule has 0 spiro atoms. The number of carboxylic acid groups (broad SMARTS) is 1. The van der Waals surface area contributed by atoms with Crippen LogP contribution in [0.5, 0.6) is 11.5 Å². The van der Waals surface area contributed by atoms with E-state index in [2.05, 4.69) is 77.7 Å². The maximum Gasteiger partial charge on any atom is 0.323 e. The Bertz CT molecular complexity index is 1640. The van der Waals surface area contributed by atoms with Gasteiger partial charge in [0, 0.05) is 32.0 Å². The number of hydrogen-bond acceptors (Lipinski definition) is 7. The zero-order chi connectivity index (χ0) is 36.6. The van der Waals surface area contributed by atoms with E-state index >= 15 is 0 Å². The third-order valence-electron chi connectivity index (χ3n) is 11.2. The van der Waals surface area contributed by atoms with Crippen LogP contribution >= 0.6 is 0 Å². The van der Waals surface area contributed by atoms with Gasteiger partial charge >= 0.3 is 5.97 Å². The lowest BCUT2D eigenvalue weighted by atomic mass is 9.65. The highest BCUT2D eigenvalue weighted by Crippen LogP contribution is 2.42.